The number of carbonyl (C=O) groups is 3. The summed E-state index contributed by atoms with van der Waals surface area (Å²) >= 11 is 0. The summed E-state index contributed by atoms with van der Waals surface area (Å²) in [6.45, 7) is 4.83. The maximum atomic E-state index is 11.5. The Balaban J connectivity index is 4.70. The number of carboxylic acid groups (broad SMARTS) is 1. The van der Waals surface area contributed by atoms with E-state index < -0.39 is 35.4 Å². The first-order valence-corrected chi connectivity index (χ1v) is 5.05. The Morgan fingerprint density at radius 1 is 1.29 bits per heavy atom. The first-order chi connectivity index (χ1) is 7.54. The summed E-state index contributed by atoms with van der Waals surface area (Å²) in [6, 6.07) is -1.19. The molecular weight excluding hydrogens is 228 g/mol. The fourth-order valence-corrected chi connectivity index (χ4v) is 1.04. The van der Waals surface area contributed by atoms with Gasteiger partial charge in [-0.25, -0.2) is 0 Å². The molecule has 0 saturated carbocycles. The predicted molar refractivity (Wildman–Crippen MR) is 58.8 cm³/mol. The number of amides is 1. The zero-order chi connectivity index (χ0) is 13.8. The van der Waals surface area contributed by atoms with Gasteiger partial charge in [-0.15, -0.1) is 0 Å². The lowest BCUT2D eigenvalue weighted by Gasteiger charge is -2.22. The number of carboxylic acids is 1. The van der Waals surface area contributed by atoms with Crippen molar-refractivity contribution in [3.8, 4) is 0 Å². The van der Waals surface area contributed by atoms with Crippen LogP contribution in [0.4, 0.5) is 0 Å². The number of esters is 1. The van der Waals surface area contributed by atoms with E-state index in [1.54, 1.807) is 20.8 Å². The van der Waals surface area contributed by atoms with Crippen LogP contribution in [0.15, 0.2) is 0 Å². The number of primary amides is 1. The standard InChI is InChI=1S/C10H18N2O5/c1-10(2,3)17-9(16)5(8(14)15)4-6(11)7(12)13/h5-6H,4,11H2,1-3H3,(H2,12,13)(H,14,15)/t5?,6-/m0/s1. The molecule has 7 heteroatoms. The normalized spacial score (nSPS) is 14.8. The van der Waals surface area contributed by atoms with Crippen molar-refractivity contribution < 1.29 is 24.2 Å². The molecule has 0 aromatic carbocycles. The van der Waals surface area contributed by atoms with E-state index in [1.165, 1.54) is 0 Å². The molecule has 0 fully saturated rings. The number of ether oxygens (including phenoxy) is 1. The van der Waals surface area contributed by atoms with Gasteiger partial charge in [-0.1, -0.05) is 0 Å². The minimum Gasteiger partial charge on any atom is -0.481 e. The van der Waals surface area contributed by atoms with Gasteiger partial charge in [0, 0.05) is 0 Å². The maximum Gasteiger partial charge on any atom is 0.320 e. The molecule has 0 aliphatic heterocycles. The zero-order valence-electron chi connectivity index (χ0n) is 10.1. The molecular formula is C10H18N2O5. The van der Waals surface area contributed by atoms with Crippen molar-refractivity contribution in [2.75, 3.05) is 0 Å². The Hall–Kier alpha value is -1.63. The highest BCUT2D eigenvalue weighted by atomic mass is 16.6. The van der Waals surface area contributed by atoms with Gasteiger partial charge in [-0.05, 0) is 27.2 Å². The molecule has 0 rings (SSSR count). The fourth-order valence-electron chi connectivity index (χ4n) is 1.04. The number of aliphatic carboxylic acids is 1. The first-order valence-electron chi connectivity index (χ1n) is 5.05. The van der Waals surface area contributed by atoms with Crippen LogP contribution in [0, 0.1) is 5.92 Å². The van der Waals surface area contributed by atoms with E-state index in [1.807, 2.05) is 0 Å². The second-order valence-corrected chi connectivity index (χ2v) is 4.67. The number of hydrogen-bond donors (Lipinski definition) is 3. The van der Waals surface area contributed by atoms with Gasteiger partial charge in [0.1, 0.15) is 5.60 Å². The van der Waals surface area contributed by atoms with Crippen molar-refractivity contribution in [3.63, 3.8) is 0 Å². The molecule has 17 heavy (non-hydrogen) atoms. The van der Waals surface area contributed by atoms with Gasteiger partial charge in [-0.2, -0.15) is 0 Å². The SMILES string of the molecule is CC(C)(C)OC(=O)C(C[C@H](N)C(N)=O)C(=O)O. The van der Waals surface area contributed by atoms with E-state index in [0.717, 1.165) is 0 Å². The Morgan fingerprint density at radius 3 is 2.06 bits per heavy atom. The summed E-state index contributed by atoms with van der Waals surface area (Å²) in [5.74, 6) is -4.67. The average molecular weight is 246 g/mol. The molecule has 0 aliphatic rings. The fraction of sp³-hybridized carbons (Fsp3) is 0.700. The van der Waals surface area contributed by atoms with Gasteiger partial charge >= 0.3 is 11.9 Å². The van der Waals surface area contributed by atoms with Crippen molar-refractivity contribution in [1.82, 2.24) is 0 Å². The molecule has 0 radical (unpaired) electrons. The topological polar surface area (TPSA) is 133 Å². The van der Waals surface area contributed by atoms with Gasteiger partial charge in [0.2, 0.25) is 5.91 Å². The third-order valence-electron chi connectivity index (χ3n) is 1.84. The number of hydrogen-bond acceptors (Lipinski definition) is 5. The molecule has 7 nitrogen and oxygen atoms in total. The molecule has 1 unspecified atom stereocenters. The number of rotatable bonds is 5. The van der Waals surface area contributed by atoms with Crippen LogP contribution in [0.3, 0.4) is 0 Å². The summed E-state index contributed by atoms with van der Waals surface area (Å²) < 4.78 is 4.91. The highest BCUT2D eigenvalue weighted by Crippen LogP contribution is 2.15. The molecule has 1 amide bonds. The van der Waals surface area contributed by atoms with Crippen molar-refractivity contribution in [2.45, 2.75) is 38.8 Å². The summed E-state index contributed by atoms with van der Waals surface area (Å²) in [4.78, 5) is 33.1. The van der Waals surface area contributed by atoms with Gasteiger partial charge in [0.05, 0.1) is 6.04 Å². The summed E-state index contributed by atoms with van der Waals surface area (Å²) in [5, 5.41) is 8.86. The van der Waals surface area contributed by atoms with Crippen LogP contribution < -0.4 is 11.5 Å². The lowest BCUT2D eigenvalue weighted by atomic mass is 10.00. The van der Waals surface area contributed by atoms with Crippen molar-refractivity contribution in [2.24, 2.45) is 17.4 Å². The van der Waals surface area contributed by atoms with Crippen LogP contribution in [-0.2, 0) is 19.1 Å². The highest BCUT2D eigenvalue weighted by molar-refractivity contribution is 5.95. The zero-order valence-corrected chi connectivity index (χ0v) is 10.1. The molecule has 0 spiro atoms. The molecule has 2 atom stereocenters. The quantitative estimate of drug-likeness (QED) is 0.431. The van der Waals surface area contributed by atoms with Gasteiger partial charge < -0.3 is 21.3 Å². The largest absolute Gasteiger partial charge is 0.481 e. The minimum atomic E-state index is -1.49. The monoisotopic (exact) mass is 246 g/mol. The van der Waals surface area contributed by atoms with E-state index in [4.69, 9.17) is 21.3 Å². The Morgan fingerprint density at radius 2 is 1.76 bits per heavy atom. The smallest absolute Gasteiger partial charge is 0.320 e. The highest BCUT2D eigenvalue weighted by Gasteiger charge is 2.33. The van der Waals surface area contributed by atoms with Crippen LogP contribution in [0.5, 0.6) is 0 Å². The minimum absolute atomic E-state index is 0.375. The Kier molecular flexibility index (Phi) is 5.09. The summed E-state index contributed by atoms with van der Waals surface area (Å²) in [7, 11) is 0. The third kappa shape index (κ3) is 5.86. The van der Waals surface area contributed by atoms with Gasteiger partial charge in [-0.3, -0.25) is 14.4 Å². The second kappa shape index (κ2) is 5.62. The lowest BCUT2D eigenvalue weighted by Crippen LogP contribution is -2.42. The number of nitrogens with two attached hydrogens (primary N) is 2. The molecule has 0 aliphatic carbocycles. The van der Waals surface area contributed by atoms with E-state index in [9.17, 15) is 14.4 Å². The molecule has 0 aromatic rings. The molecule has 0 aromatic heterocycles. The molecule has 5 N–H and O–H groups in total. The van der Waals surface area contributed by atoms with Crippen LogP contribution in [-0.4, -0.2) is 34.6 Å². The lowest BCUT2D eigenvalue weighted by molar-refractivity contribution is -0.167. The second-order valence-electron chi connectivity index (χ2n) is 4.67. The van der Waals surface area contributed by atoms with Gasteiger partial charge in [0.25, 0.3) is 0 Å². The van der Waals surface area contributed by atoms with E-state index >= 15 is 0 Å². The maximum absolute atomic E-state index is 11.5. The van der Waals surface area contributed by atoms with E-state index in [2.05, 4.69) is 0 Å². The third-order valence-corrected chi connectivity index (χ3v) is 1.84. The van der Waals surface area contributed by atoms with E-state index in [0.29, 0.717) is 0 Å². The molecule has 98 valence electrons. The number of carbonyl (C=O) groups excluding carboxylic acids is 2. The molecule has 0 bridgehead atoms. The predicted octanol–water partition coefficient (Wildman–Crippen LogP) is -0.768. The summed E-state index contributed by atoms with van der Waals surface area (Å²) in [6.07, 6.45) is -0.375. The van der Waals surface area contributed by atoms with Crippen LogP contribution >= 0.6 is 0 Å². The first kappa shape index (κ1) is 15.4. The molecule has 0 saturated heterocycles. The Bertz CT molecular complexity index is 321. The van der Waals surface area contributed by atoms with Crippen molar-refractivity contribution >= 4 is 17.8 Å². The van der Waals surface area contributed by atoms with Crippen molar-refractivity contribution in [3.05, 3.63) is 0 Å². The van der Waals surface area contributed by atoms with Crippen LogP contribution in [0.1, 0.15) is 27.2 Å². The van der Waals surface area contributed by atoms with Crippen LogP contribution in [0.25, 0.3) is 0 Å². The summed E-state index contributed by atoms with van der Waals surface area (Å²) in [5.41, 5.74) is 9.41. The average Bonchev–Trinajstić information content (AvgIpc) is 2.09. The van der Waals surface area contributed by atoms with Crippen LogP contribution in [0.2, 0.25) is 0 Å². The Labute approximate surface area is 99.1 Å². The van der Waals surface area contributed by atoms with Crippen molar-refractivity contribution in [1.29, 1.82) is 0 Å². The van der Waals surface area contributed by atoms with E-state index in [-0.39, 0.29) is 6.42 Å². The van der Waals surface area contributed by atoms with Gasteiger partial charge in [0.15, 0.2) is 5.92 Å². The molecule has 0 heterocycles.